The van der Waals surface area contributed by atoms with Crippen LogP contribution in [0.3, 0.4) is 0 Å². The summed E-state index contributed by atoms with van der Waals surface area (Å²) >= 11 is 6.33. The van der Waals surface area contributed by atoms with E-state index in [1.165, 1.54) is 16.2 Å². The second kappa shape index (κ2) is 7.33. The number of benzene rings is 4. The van der Waals surface area contributed by atoms with Crippen molar-refractivity contribution in [2.75, 3.05) is 0 Å². The summed E-state index contributed by atoms with van der Waals surface area (Å²) in [6.07, 6.45) is 1.76. The van der Waals surface area contributed by atoms with E-state index in [2.05, 4.69) is 63.5 Å². The molecule has 0 saturated heterocycles. The molecule has 0 aliphatic heterocycles. The number of nitrogens with zero attached hydrogens (tertiary/aromatic N) is 4. The molecule has 0 fully saturated rings. The van der Waals surface area contributed by atoms with Gasteiger partial charge in [0.1, 0.15) is 11.1 Å². The largest absolute Gasteiger partial charge is 0.454 e. The van der Waals surface area contributed by atoms with E-state index in [-0.39, 0.29) is 5.28 Å². The molecule has 0 N–H and O–H groups in total. The van der Waals surface area contributed by atoms with Crippen LogP contribution >= 0.6 is 11.6 Å². The van der Waals surface area contributed by atoms with Gasteiger partial charge in [0.05, 0.1) is 0 Å². The summed E-state index contributed by atoms with van der Waals surface area (Å²) in [5.74, 6) is 1.01. The molecule has 7 rings (SSSR count). The zero-order valence-electron chi connectivity index (χ0n) is 17.7. The highest BCUT2D eigenvalue weighted by molar-refractivity contribution is 6.28. The molecule has 0 atom stereocenters. The molecule has 3 aromatic heterocycles. The van der Waals surface area contributed by atoms with Crippen molar-refractivity contribution in [1.29, 1.82) is 0 Å². The Kier molecular flexibility index (Phi) is 4.13. The molecule has 5 nitrogen and oxygen atoms in total. The van der Waals surface area contributed by atoms with Crippen LogP contribution in [0, 0.1) is 0 Å². The summed E-state index contributed by atoms with van der Waals surface area (Å²) in [6, 6.07) is 28.4. The first-order chi connectivity index (χ1) is 16.7. The summed E-state index contributed by atoms with van der Waals surface area (Å²) in [6.45, 7) is 0. The van der Waals surface area contributed by atoms with Gasteiger partial charge in [0.15, 0.2) is 17.2 Å². The molecule has 7 aromatic rings. The molecule has 0 radical (unpaired) electrons. The molecule has 0 bridgehead atoms. The molecule has 0 unspecified atom stereocenters. The van der Waals surface area contributed by atoms with Gasteiger partial charge in [-0.15, -0.1) is 0 Å². The zero-order valence-corrected chi connectivity index (χ0v) is 18.5. The summed E-state index contributed by atoms with van der Waals surface area (Å²) in [5, 5.41) is 5.82. The molecule has 0 aliphatic carbocycles. The number of hydrogen-bond donors (Lipinski definition) is 0. The van der Waals surface area contributed by atoms with Gasteiger partial charge in [-0.1, -0.05) is 54.6 Å². The van der Waals surface area contributed by atoms with Gasteiger partial charge in [0, 0.05) is 22.7 Å². The van der Waals surface area contributed by atoms with E-state index in [0.717, 1.165) is 38.6 Å². The number of hydrogen-bond acceptors (Lipinski definition) is 5. The van der Waals surface area contributed by atoms with Crippen LogP contribution in [0.1, 0.15) is 0 Å². The number of rotatable bonds is 2. The van der Waals surface area contributed by atoms with Crippen LogP contribution in [0.2, 0.25) is 5.28 Å². The summed E-state index contributed by atoms with van der Waals surface area (Å²) < 4.78 is 5.98. The smallest absolute Gasteiger partial charge is 0.226 e. The normalized spacial score (nSPS) is 11.7. The molecule has 0 spiro atoms. The van der Waals surface area contributed by atoms with Gasteiger partial charge in [0.2, 0.25) is 5.28 Å². The lowest BCUT2D eigenvalue weighted by atomic mass is 10.00. The average molecular weight is 459 g/mol. The average Bonchev–Trinajstić information content (AvgIpc) is 3.26. The molecule has 6 heteroatoms. The minimum absolute atomic E-state index is 0.143. The van der Waals surface area contributed by atoms with Crippen LogP contribution in [0.15, 0.2) is 95.5 Å². The second-order valence-corrected chi connectivity index (χ2v) is 8.48. The van der Waals surface area contributed by atoms with Crippen molar-refractivity contribution < 1.29 is 4.42 Å². The Morgan fingerprint density at radius 3 is 2.21 bits per heavy atom. The van der Waals surface area contributed by atoms with E-state index < -0.39 is 0 Å². The number of fused-ring (bicyclic) bond motifs is 6. The molecule has 0 aliphatic rings. The molecular weight excluding hydrogens is 444 g/mol. The standard InChI is InChI=1S/C28H15ClN4O/c29-28-32-26(18-9-11-21-17(14-18)8-7-16-4-1-2-5-20(16)21)31-27(33-28)19-10-12-22-24(15-19)34-23-6-3-13-30-25(22)23/h1-15H. The Labute approximate surface area is 198 Å². The van der Waals surface area contributed by atoms with Gasteiger partial charge >= 0.3 is 0 Å². The predicted octanol–water partition coefficient (Wildman–Crippen LogP) is 7.46. The number of halogens is 1. The van der Waals surface area contributed by atoms with Gasteiger partial charge in [-0.3, -0.25) is 4.98 Å². The fraction of sp³-hybridized carbons (Fsp3) is 0. The highest BCUT2D eigenvalue weighted by Crippen LogP contribution is 2.32. The Balaban J connectivity index is 1.36. The lowest BCUT2D eigenvalue weighted by Crippen LogP contribution is -1.97. The van der Waals surface area contributed by atoms with Gasteiger partial charge in [0.25, 0.3) is 0 Å². The van der Waals surface area contributed by atoms with Gasteiger partial charge in [-0.25, -0.2) is 4.98 Å². The molecule has 0 amide bonds. The maximum absolute atomic E-state index is 6.33. The first-order valence-corrected chi connectivity index (χ1v) is 11.2. The quantitative estimate of drug-likeness (QED) is 0.251. The van der Waals surface area contributed by atoms with Gasteiger partial charge in [-0.2, -0.15) is 9.97 Å². The van der Waals surface area contributed by atoms with Crippen LogP contribution in [0.4, 0.5) is 0 Å². The van der Waals surface area contributed by atoms with Crippen LogP contribution in [-0.2, 0) is 0 Å². The fourth-order valence-electron chi connectivity index (χ4n) is 4.50. The molecule has 0 saturated carbocycles. The second-order valence-electron chi connectivity index (χ2n) is 8.14. The first kappa shape index (κ1) is 19.1. The van der Waals surface area contributed by atoms with Crippen molar-refractivity contribution in [1.82, 2.24) is 19.9 Å². The third kappa shape index (κ3) is 3.02. The molecule has 3 heterocycles. The number of furan rings is 1. The SMILES string of the molecule is Clc1nc(-c2ccc3c(ccc4ccccc43)c2)nc(-c2ccc3c(c2)oc2cccnc23)n1. The topological polar surface area (TPSA) is 64.7 Å². The Hall–Kier alpha value is -4.35. The van der Waals surface area contributed by atoms with Crippen molar-refractivity contribution in [2.45, 2.75) is 0 Å². The van der Waals surface area contributed by atoms with Gasteiger partial charge < -0.3 is 4.42 Å². The summed E-state index contributed by atoms with van der Waals surface area (Å²) in [7, 11) is 0. The Morgan fingerprint density at radius 2 is 1.32 bits per heavy atom. The third-order valence-corrected chi connectivity index (χ3v) is 6.27. The zero-order chi connectivity index (χ0) is 22.6. The molecule has 4 aromatic carbocycles. The van der Waals surface area contributed by atoms with Crippen molar-refractivity contribution in [2.24, 2.45) is 0 Å². The van der Waals surface area contributed by atoms with E-state index >= 15 is 0 Å². The van der Waals surface area contributed by atoms with Crippen molar-refractivity contribution in [3.63, 3.8) is 0 Å². The number of pyridine rings is 1. The fourth-order valence-corrected chi connectivity index (χ4v) is 4.66. The van der Waals surface area contributed by atoms with Crippen LogP contribution in [0.5, 0.6) is 0 Å². The van der Waals surface area contributed by atoms with Crippen molar-refractivity contribution in [3.8, 4) is 22.8 Å². The Bertz CT molecular complexity index is 1890. The highest BCUT2D eigenvalue weighted by atomic mass is 35.5. The Morgan fingerprint density at radius 1 is 0.588 bits per heavy atom. The van der Waals surface area contributed by atoms with E-state index in [1.54, 1.807) is 6.20 Å². The van der Waals surface area contributed by atoms with Crippen LogP contribution < -0.4 is 0 Å². The van der Waals surface area contributed by atoms with E-state index in [1.807, 2.05) is 36.4 Å². The minimum atomic E-state index is 0.143. The maximum atomic E-state index is 6.33. The molecule has 160 valence electrons. The maximum Gasteiger partial charge on any atom is 0.226 e. The van der Waals surface area contributed by atoms with Crippen molar-refractivity contribution in [3.05, 3.63) is 96.4 Å². The minimum Gasteiger partial charge on any atom is -0.454 e. The highest BCUT2D eigenvalue weighted by Gasteiger charge is 2.14. The molecular formula is C28H15ClN4O. The summed E-state index contributed by atoms with van der Waals surface area (Å²) in [4.78, 5) is 18.0. The lowest BCUT2D eigenvalue weighted by molar-refractivity contribution is 0.668. The number of aromatic nitrogens is 4. The monoisotopic (exact) mass is 458 g/mol. The predicted molar refractivity (Wildman–Crippen MR) is 136 cm³/mol. The van der Waals surface area contributed by atoms with Crippen molar-refractivity contribution >= 4 is 55.2 Å². The summed E-state index contributed by atoms with van der Waals surface area (Å²) in [5.41, 5.74) is 3.97. The third-order valence-electron chi connectivity index (χ3n) is 6.10. The van der Waals surface area contributed by atoms with E-state index in [9.17, 15) is 0 Å². The van der Waals surface area contributed by atoms with E-state index in [4.69, 9.17) is 21.0 Å². The molecule has 34 heavy (non-hydrogen) atoms. The van der Waals surface area contributed by atoms with E-state index in [0.29, 0.717) is 11.6 Å². The first-order valence-electron chi connectivity index (χ1n) is 10.8. The van der Waals surface area contributed by atoms with Gasteiger partial charge in [-0.05, 0) is 63.5 Å². The van der Waals surface area contributed by atoms with Crippen LogP contribution in [-0.4, -0.2) is 19.9 Å². The van der Waals surface area contributed by atoms with Crippen LogP contribution in [0.25, 0.3) is 66.4 Å². The lowest BCUT2D eigenvalue weighted by Gasteiger charge is -2.08.